The molecule has 0 aliphatic heterocycles. The zero-order chi connectivity index (χ0) is 109. The number of benzene rings is 9. The summed E-state index contributed by atoms with van der Waals surface area (Å²) < 4.78 is 515. The maximum Gasteiger partial charge on any atom is 0.523 e. The fraction of sp³-hybridized carbons (Fsp3) is 0.122. The van der Waals surface area contributed by atoms with Crippen molar-refractivity contribution < 1.29 is 154 Å². The molecule has 0 radical (unpaired) electrons. The van der Waals surface area contributed by atoms with E-state index in [9.17, 15) is 134 Å². The molecule has 0 saturated carbocycles. The number of hydrogen-bond donors (Lipinski definition) is 0. The zero-order valence-corrected chi connectivity index (χ0v) is 71.4. The number of nitrogens with zero attached hydrogens (tertiary/aromatic N) is 14. The Morgan fingerprint density at radius 2 is 0.422 bits per heavy atom. The molecule has 14 nitrogen and oxygen atoms in total. The molecule has 0 fully saturated rings. The van der Waals surface area contributed by atoms with Crippen LogP contribution in [0.25, 0.3) is 62.5 Å². The maximum atomic E-state index is 16.6. The Bertz CT molecular complexity index is 8920. The highest BCUT2D eigenvalue weighted by atomic mass is 19.4. The van der Waals surface area contributed by atoms with Crippen LogP contribution >= 0.6 is 0 Å². The Labute approximate surface area is 794 Å². The van der Waals surface area contributed by atoms with Gasteiger partial charge in [-0.1, -0.05) is 0 Å². The van der Waals surface area contributed by atoms with Gasteiger partial charge in [-0.25, -0.2) is 114 Å². The number of rotatable bonds is 6. The van der Waals surface area contributed by atoms with E-state index in [0.29, 0.717) is 13.8 Å². The molecule has 0 atom stereocenters. The summed E-state index contributed by atoms with van der Waals surface area (Å²) in [7, 11) is 0. The summed E-state index contributed by atoms with van der Waals surface area (Å²) in [4.78, 5) is 17.5. The van der Waals surface area contributed by atoms with Crippen molar-refractivity contribution in [3.63, 3.8) is 0 Å². The van der Waals surface area contributed by atoms with Crippen LogP contribution in [0.1, 0.15) is 111 Å². The molecule has 0 heterocycles. The van der Waals surface area contributed by atoms with E-state index in [1.165, 1.54) is 36.4 Å². The van der Waals surface area contributed by atoms with E-state index >= 15 is 61.5 Å². The number of allylic oxidation sites excluding steroid dienone is 9. The molecule has 0 N–H and O–H groups in total. The Hall–Kier alpha value is -19.0. The van der Waals surface area contributed by atoms with E-state index in [-0.39, 0.29) is 16.3 Å². The second kappa shape index (κ2) is 37.8. The first-order chi connectivity index (χ1) is 68.9. The van der Waals surface area contributed by atoms with E-state index in [1.807, 2.05) is 0 Å². The molecule has 730 valence electrons. The monoisotopic (exact) mass is 2060 g/mol. The Morgan fingerprint density at radius 1 is 0.238 bits per heavy atom. The number of alkyl halides is 9. The van der Waals surface area contributed by atoms with Gasteiger partial charge < -0.3 is 0 Å². The fourth-order valence-corrected chi connectivity index (χ4v) is 17.7. The number of fused-ring (bicyclic) bond motifs is 6. The third-order valence-corrected chi connectivity index (χ3v) is 23.9. The summed E-state index contributed by atoms with van der Waals surface area (Å²) in [6.45, 7) is 46.1. The zero-order valence-electron chi connectivity index (χ0n) is 71.4. The van der Waals surface area contributed by atoms with Gasteiger partial charge in [0, 0.05) is 91.1 Å². The molecule has 0 unspecified atom stereocenters. The van der Waals surface area contributed by atoms with Crippen LogP contribution in [0.5, 0.6) is 0 Å². The predicted octanol–water partition coefficient (Wildman–Crippen LogP) is 21.1. The highest BCUT2D eigenvalue weighted by Gasteiger charge is 2.51. The summed E-state index contributed by atoms with van der Waals surface area (Å²) in [5.41, 5.74) is -42.1. The summed E-state index contributed by atoms with van der Waals surface area (Å²) in [5.74, 6) is -63.9. The lowest BCUT2D eigenvalue weighted by molar-refractivity contribution is -0.144. The highest BCUT2D eigenvalue weighted by Crippen LogP contribution is 2.50. The quantitative estimate of drug-likeness (QED) is 0.0673. The minimum Gasteiger partial charge on any atom is -0.206 e. The third-order valence-electron chi connectivity index (χ3n) is 23.9. The SMILES string of the molecule is [C-]#[N+]C([N+]#[C-])=C1Cc2c(C#N)c3c(c(C#N)c2=C1c1c(F)c(F)c(C)c(F)c1F)CC(=C(C#N)C#N)C=3c1c(F)c(F)c(C(F)(F)F)c(F)c1F.[C-]#[N+]C([N+]#[C-])=C1Cc2c(F)c3c(c(F)c2=C1c1c(F)c(F)c(C)c(F)c1F)CC(=C(C#N)C#N)C=3c1c(F)c(F)c(C(F)(F)F)c(F)c1F.[C-]#[N+]C([N+]#[C-])=C1Cc2cc3c(cc2=C1c1c(F)c(F)c(C)c(F)c1F)CC(=C(C#N)C#N)C=3c1c(F)c(F)c(C(F)(F)F)c(F)c1F. The second-order valence-electron chi connectivity index (χ2n) is 31.1. The van der Waals surface area contributed by atoms with Gasteiger partial charge in [0.1, 0.15) is 133 Å². The first-order valence-corrected chi connectivity index (χ1v) is 39.2. The third kappa shape index (κ3) is 15.8. The molecule has 0 amide bonds. The molecule has 49 heteroatoms. The summed E-state index contributed by atoms with van der Waals surface area (Å²) in [5, 5.41) is 73.2. The molecule has 15 rings (SSSR count). The minimum atomic E-state index is -6.02. The Morgan fingerprint density at radius 3 is 0.660 bits per heavy atom. The number of nitriles is 8. The Balaban J connectivity index is 0.000000184. The molecule has 0 bridgehead atoms. The summed E-state index contributed by atoms with van der Waals surface area (Å²) in [6.07, 6.45) is -23.5. The molecule has 6 aliphatic carbocycles. The van der Waals surface area contributed by atoms with Crippen LogP contribution < -0.4 is 31.3 Å². The van der Waals surface area contributed by atoms with Crippen LogP contribution in [-0.4, -0.2) is 0 Å². The molecular weight excluding hydrogens is 2040 g/mol. The van der Waals surface area contributed by atoms with Crippen molar-refractivity contribution in [3.8, 4) is 48.6 Å². The standard InChI is InChI=1S/C34H7F11N6.C32H7F13N4.C32H9F11N4/c1-10-25(35)27(37)23(28(38)26(10)36)21-15(33(50-2)51-3)5-14-17(9-49)18-13(16(8-48)19(14)21)4-12(11(6-46)7-47)20(18)22-29(39)31(41)24(34(43,44)45)32(42)30(22)40;1-8-21(33)25(37)19(26(38)22(8)34)15-13(31(48-2)49-3)5-12-17(15)23(35)11-4-10(9(6-46)7-47)14(16(11)24(12)36)18-27(39)29(41)20(32(43,44)45)30(42)28(18)40;1-10-23(33)25(35)21(26(36)24(10)34)19-15-4-11-6-16(13(8-44)9-45)18(14(11)5-12(15)7-17(19)31(46-2)47-3)20-27(37)29(39)22(32(41,42)43)30(40)28(20)38/h4-5H2,1H3;4-5H2,1H3;4-5H,6-7H2,1H3. The lowest BCUT2D eigenvalue weighted by atomic mass is 9.91. The van der Waals surface area contributed by atoms with Crippen molar-refractivity contribution in [3.05, 3.63) is 442 Å². The molecule has 147 heavy (non-hydrogen) atoms. The summed E-state index contributed by atoms with van der Waals surface area (Å²) >= 11 is 0. The summed E-state index contributed by atoms with van der Waals surface area (Å²) in [6, 6.07) is 13.0. The van der Waals surface area contributed by atoms with Crippen LogP contribution in [0, 0.1) is 302 Å². The molecule has 9 aromatic carbocycles. The van der Waals surface area contributed by atoms with E-state index in [4.69, 9.17) is 39.4 Å². The van der Waals surface area contributed by atoms with Gasteiger partial charge in [0.15, 0.2) is 140 Å². The molecule has 0 aromatic heterocycles. The van der Waals surface area contributed by atoms with Crippen molar-refractivity contribution in [1.29, 1.82) is 42.1 Å². The molecular formula is C98H23F35N14. The molecule has 6 aliphatic rings. The van der Waals surface area contributed by atoms with Gasteiger partial charge in [0.05, 0.1) is 61.2 Å². The van der Waals surface area contributed by atoms with E-state index in [0.717, 1.165) is 19.1 Å². The molecule has 0 saturated heterocycles. The van der Waals surface area contributed by atoms with Gasteiger partial charge in [-0.05, 0) is 112 Å². The average Bonchev–Trinajstić information content (AvgIpc) is 1.51. The van der Waals surface area contributed by atoms with Gasteiger partial charge in [0.2, 0.25) is 0 Å². The number of hydrogen-bond acceptors (Lipinski definition) is 8. The smallest absolute Gasteiger partial charge is 0.206 e. The predicted molar refractivity (Wildman–Crippen MR) is 426 cm³/mol. The first kappa shape index (κ1) is 105. The molecule has 9 aromatic rings. The Kier molecular flexibility index (Phi) is 27.1. The van der Waals surface area contributed by atoms with Crippen LogP contribution in [0.2, 0.25) is 0 Å². The van der Waals surface area contributed by atoms with Crippen LogP contribution in [0.15, 0.2) is 79.8 Å². The highest BCUT2D eigenvalue weighted by molar-refractivity contribution is 5.95. The van der Waals surface area contributed by atoms with Gasteiger partial charge in [-0.2, -0.15) is 111 Å². The molecule has 0 spiro atoms. The van der Waals surface area contributed by atoms with Gasteiger partial charge in [0.25, 0.3) is 0 Å². The van der Waals surface area contributed by atoms with Gasteiger partial charge in [-0.3, -0.25) is 0 Å². The van der Waals surface area contributed by atoms with Gasteiger partial charge >= 0.3 is 36.0 Å². The lowest BCUT2D eigenvalue weighted by Crippen LogP contribution is -2.28. The van der Waals surface area contributed by atoms with Crippen molar-refractivity contribution in [2.45, 2.75) is 77.8 Å². The average molecular weight is 2060 g/mol. The lowest BCUT2D eigenvalue weighted by Gasteiger charge is -2.16. The van der Waals surface area contributed by atoms with E-state index in [2.05, 4.69) is 29.1 Å². The van der Waals surface area contributed by atoms with Crippen LogP contribution in [-0.2, 0) is 57.1 Å². The largest absolute Gasteiger partial charge is 0.523 e. The van der Waals surface area contributed by atoms with E-state index < -0.39 is 436 Å². The fourth-order valence-electron chi connectivity index (χ4n) is 17.7. The van der Waals surface area contributed by atoms with Crippen molar-refractivity contribution in [2.24, 2.45) is 0 Å². The van der Waals surface area contributed by atoms with Crippen LogP contribution in [0.4, 0.5) is 154 Å². The topological polar surface area (TPSA) is 216 Å². The van der Waals surface area contributed by atoms with E-state index in [1.54, 1.807) is 12.1 Å². The minimum absolute atomic E-state index is 0.123. The maximum absolute atomic E-state index is 16.6. The van der Waals surface area contributed by atoms with Crippen molar-refractivity contribution in [2.75, 3.05) is 0 Å². The first-order valence-electron chi connectivity index (χ1n) is 39.2. The number of halogens is 35. The van der Waals surface area contributed by atoms with Crippen LogP contribution in [0.3, 0.4) is 0 Å². The van der Waals surface area contributed by atoms with Crippen molar-refractivity contribution >= 4 is 33.4 Å². The normalized spacial score (nSPS) is 13.4. The second-order valence-corrected chi connectivity index (χ2v) is 31.1. The van der Waals surface area contributed by atoms with Gasteiger partial charge in [-0.15, -0.1) is 0 Å². The van der Waals surface area contributed by atoms with Crippen molar-refractivity contribution in [1.82, 2.24) is 0 Å².